The van der Waals surface area contributed by atoms with Gasteiger partial charge in [0.25, 0.3) is 0 Å². The Kier molecular flexibility index (Phi) is 3.39. The largest absolute Gasteiger partial charge is 0.379 e. The average molecular weight is 262 g/mol. The number of aryl methyl sites for hydroxylation is 2. The summed E-state index contributed by atoms with van der Waals surface area (Å²) in [7, 11) is -3.75. The van der Waals surface area contributed by atoms with Crippen LogP contribution in [-0.4, -0.2) is 8.42 Å². The molecule has 18 heavy (non-hydrogen) atoms. The quantitative estimate of drug-likeness (QED) is 0.798. The summed E-state index contributed by atoms with van der Waals surface area (Å²) in [5.74, 6) is 0.365. The highest BCUT2D eigenvalue weighted by Gasteiger charge is 2.16. The van der Waals surface area contributed by atoms with Crippen LogP contribution >= 0.6 is 0 Å². The molecule has 0 fully saturated rings. The standard InChI is InChI=1S/C14H14O3S/c1-11-8-9-14(12(2)10-11)17-18(15,16)13-6-4-3-5-7-13/h3-10H,1-2H3. The first-order chi connectivity index (χ1) is 8.49. The summed E-state index contributed by atoms with van der Waals surface area (Å²) in [5, 5.41) is 0. The fraction of sp³-hybridized carbons (Fsp3) is 0.143. The van der Waals surface area contributed by atoms with Gasteiger partial charge in [-0.05, 0) is 37.6 Å². The van der Waals surface area contributed by atoms with E-state index in [1.54, 1.807) is 24.3 Å². The van der Waals surface area contributed by atoms with Crippen LogP contribution in [0.25, 0.3) is 0 Å². The van der Waals surface area contributed by atoms with Gasteiger partial charge in [-0.2, -0.15) is 8.42 Å². The lowest BCUT2D eigenvalue weighted by Crippen LogP contribution is -2.10. The second-order valence-electron chi connectivity index (χ2n) is 4.12. The number of rotatable bonds is 3. The first-order valence-electron chi connectivity index (χ1n) is 5.56. The van der Waals surface area contributed by atoms with Crippen molar-refractivity contribution in [3.05, 3.63) is 59.7 Å². The Labute approximate surface area is 107 Å². The fourth-order valence-electron chi connectivity index (χ4n) is 1.65. The molecule has 0 N–H and O–H groups in total. The van der Waals surface area contributed by atoms with Crippen molar-refractivity contribution in [2.45, 2.75) is 18.7 Å². The molecule has 0 amide bonds. The van der Waals surface area contributed by atoms with Crippen LogP contribution in [0.4, 0.5) is 0 Å². The van der Waals surface area contributed by atoms with E-state index in [0.717, 1.165) is 11.1 Å². The zero-order valence-corrected chi connectivity index (χ0v) is 11.1. The maximum Gasteiger partial charge on any atom is 0.339 e. The summed E-state index contributed by atoms with van der Waals surface area (Å²) in [6.45, 7) is 3.77. The van der Waals surface area contributed by atoms with Gasteiger partial charge in [0.2, 0.25) is 0 Å². The van der Waals surface area contributed by atoms with E-state index in [9.17, 15) is 8.42 Å². The smallest absolute Gasteiger partial charge is 0.339 e. The third-order valence-electron chi connectivity index (χ3n) is 2.56. The van der Waals surface area contributed by atoms with Crippen LogP contribution in [-0.2, 0) is 10.1 Å². The minimum Gasteiger partial charge on any atom is -0.379 e. The molecule has 0 heterocycles. The fourth-order valence-corrected chi connectivity index (χ4v) is 2.66. The molecule has 0 spiro atoms. The molecular weight excluding hydrogens is 248 g/mol. The summed E-state index contributed by atoms with van der Waals surface area (Å²) >= 11 is 0. The van der Waals surface area contributed by atoms with Crippen molar-refractivity contribution in [3.63, 3.8) is 0 Å². The molecule has 0 aromatic heterocycles. The van der Waals surface area contributed by atoms with Crippen molar-refractivity contribution in [1.82, 2.24) is 0 Å². The van der Waals surface area contributed by atoms with Gasteiger partial charge >= 0.3 is 10.1 Å². The molecule has 94 valence electrons. The lowest BCUT2D eigenvalue weighted by atomic mass is 10.1. The van der Waals surface area contributed by atoms with Crippen molar-refractivity contribution >= 4 is 10.1 Å². The van der Waals surface area contributed by atoms with Gasteiger partial charge in [-0.25, -0.2) is 0 Å². The van der Waals surface area contributed by atoms with Crippen LogP contribution in [0.2, 0.25) is 0 Å². The van der Waals surface area contributed by atoms with E-state index in [4.69, 9.17) is 4.18 Å². The molecule has 2 aromatic carbocycles. The van der Waals surface area contributed by atoms with Gasteiger partial charge in [-0.3, -0.25) is 0 Å². The molecule has 0 saturated carbocycles. The van der Waals surface area contributed by atoms with Gasteiger partial charge in [0.05, 0.1) is 0 Å². The summed E-state index contributed by atoms with van der Waals surface area (Å²) in [4.78, 5) is 0.157. The molecule has 4 heteroatoms. The third-order valence-corrected chi connectivity index (χ3v) is 3.81. The Morgan fingerprint density at radius 3 is 2.22 bits per heavy atom. The average Bonchev–Trinajstić information content (AvgIpc) is 2.34. The van der Waals surface area contributed by atoms with E-state index in [0.29, 0.717) is 5.75 Å². The summed E-state index contributed by atoms with van der Waals surface area (Å²) in [5.41, 5.74) is 1.87. The minimum absolute atomic E-state index is 0.157. The third kappa shape index (κ3) is 2.71. The Bertz CT molecular complexity index is 646. The van der Waals surface area contributed by atoms with Gasteiger partial charge in [0.15, 0.2) is 0 Å². The van der Waals surface area contributed by atoms with E-state index in [1.807, 2.05) is 26.0 Å². The minimum atomic E-state index is -3.75. The van der Waals surface area contributed by atoms with E-state index < -0.39 is 10.1 Å². The Balaban J connectivity index is 2.34. The Hall–Kier alpha value is -1.81. The van der Waals surface area contributed by atoms with E-state index >= 15 is 0 Å². The second-order valence-corrected chi connectivity index (χ2v) is 5.67. The molecular formula is C14H14O3S. The topological polar surface area (TPSA) is 43.4 Å². The molecule has 0 bridgehead atoms. The molecule has 0 aliphatic rings. The van der Waals surface area contributed by atoms with Crippen molar-refractivity contribution in [2.24, 2.45) is 0 Å². The van der Waals surface area contributed by atoms with Crippen LogP contribution in [0.5, 0.6) is 5.75 Å². The van der Waals surface area contributed by atoms with Crippen LogP contribution in [0.3, 0.4) is 0 Å². The molecule has 2 rings (SSSR count). The Morgan fingerprint density at radius 1 is 0.944 bits per heavy atom. The van der Waals surface area contributed by atoms with Crippen molar-refractivity contribution in [2.75, 3.05) is 0 Å². The summed E-state index contributed by atoms with van der Waals surface area (Å²) < 4.78 is 29.2. The van der Waals surface area contributed by atoms with E-state index in [-0.39, 0.29) is 4.90 Å². The van der Waals surface area contributed by atoms with Crippen LogP contribution < -0.4 is 4.18 Å². The Morgan fingerprint density at radius 2 is 1.61 bits per heavy atom. The highest BCUT2D eigenvalue weighted by atomic mass is 32.2. The van der Waals surface area contributed by atoms with Gasteiger partial charge in [-0.1, -0.05) is 35.9 Å². The second kappa shape index (κ2) is 4.82. The predicted octanol–water partition coefficient (Wildman–Crippen LogP) is 3.07. The first kappa shape index (κ1) is 12.6. The maximum atomic E-state index is 12.0. The van der Waals surface area contributed by atoms with Crippen molar-refractivity contribution < 1.29 is 12.6 Å². The molecule has 0 atom stereocenters. The SMILES string of the molecule is Cc1ccc(OS(=O)(=O)c2ccccc2)c(C)c1. The number of hydrogen-bond donors (Lipinski definition) is 0. The monoisotopic (exact) mass is 262 g/mol. The van der Waals surface area contributed by atoms with Gasteiger partial charge in [0, 0.05) is 0 Å². The highest BCUT2D eigenvalue weighted by molar-refractivity contribution is 7.87. The zero-order valence-electron chi connectivity index (χ0n) is 10.3. The lowest BCUT2D eigenvalue weighted by Gasteiger charge is -2.09. The van der Waals surface area contributed by atoms with Crippen molar-refractivity contribution in [1.29, 1.82) is 0 Å². The van der Waals surface area contributed by atoms with Gasteiger partial charge in [0.1, 0.15) is 10.6 Å². The predicted molar refractivity (Wildman–Crippen MR) is 70.2 cm³/mol. The molecule has 0 radical (unpaired) electrons. The molecule has 0 aliphatic heterocycles. The number of hydrogen-bond acceptors (Lipinski definition) is 3. The summed E-state index contributed by atoms with van der Waals surface area (Å²) in [6, 6.07) is 13.5. The van der Waals surface area contributed by atoms with Gasteiger partial charge in [-0.15, -0.1) is 0 Å². The summed E-state index contributed by atoms with van der Waals surface area (Å²) in [6.07, 6.45) is 0. The molecule has 3 nitrogen and oxygen atoms in total. The molecule has 2 aromatic rings. The van der Waals surface area contributed by atoms with Crippen LogP contribution in [0.1, 0.15) is 11.1 Å². The zero-order chi connectivity index (χ0) is 13.2. The van der Waals surface area contributed by atoms with Crippen LogP contribution in [0, 0.1) is 13.8 Å². The highest BCUT2D eigenvalue weighted by Crippen LogP contribution is 2.23. The molecule has 0 unspecified atom stereocenters. The lowest BCUT2D eigenvalue weighted by molar-refractivity contribution is 0.484. The normalized spacial score (nSPS) is 11.2. The van der Waals surface area contributed by atoms with Crippen molar-refractivity contribution in [3.8, 4) is 5.75 Å². The van der Waals surface area contributed by atoms with E-state index in [1.165, 1.54) is 12.1 Å². The first-order valence-corrected chi connectivity index (χ1v) is 6.97. The number of benzene rings is 2. The van der Waals surface area contributed by atoms with E-state index in [2.05, 4.69) is 0 Å². The molecule has 0 saturated heterocycles. The van der Waals surface area contributed by atoms with Crippen LogP contribution in [0.15, 0.2) is 53.4 Å². The molecule has 0 aliphatic carbocycles. The maximum absolute atomic E-state index is 12.0. The van der Waals surface area contributed by atoms with Gasteiger partial charge < -0.3 is 4.18 Å².